The Labute approximate surface area is 124 Å². The number of nitrogens with two attached hydrogens (primary N) is 1. The van der Waals surface area contributed by atoms with E-state index in [9.17, 15) is 0 Å². The Hall–Kier alpha value is -2.00. The van der Waals surface area contributed by atoms with Crippen molar-refractivity contribution in [3.63, 3.8) is 0 Å². The lowest BCUT2D eigenvalue weighted by Gasteiger charge is -2.13. The average molecular weight is 287 g/mol. The number of aryl methyl sites for hydroxylation is 1. The summed E-state index contributed by atoms with van der Waals surface area (Å²) >= 11 is 0. The van der Waals surface area contributed by atoms with Crippen LogP contribution in [0.2, 0.25) is 0 Å². The molecule has 3 aromatic rings. The highest BCUT2D eigenvalue weighted by molar-refractivity contribution is 5.95. The van der Waals surface area contributed by atoms with Crippen molar-refractivity contribution >= 4 is 33.2 Å². The zero-order chi connectivity index (χ0) is 13.6. The highest BCUT2D eigenvalue weighted by atomic mass is 35.5. The molecule has 3 nitrogen and oxygen atoms in total. The van der Waals surface area contributed by atoms with Gasteiger partial charge in [-0.3, -0.25) is 0 Å². The van der Waals surface area contributed by atoms with E-state index in [0.717, 1.165) is 38.7 Å². The normalized spacial score (nSPS) is 10.6. The first-order valence-electron chi connectivity index (χ1n) is 6.32. The smallest absolute Gasteiger partial charge is 0.0730 e. The zero-order valence-electron chi connectivity index (χ0n) is 11.8. The number of nitrogen functional groups attached to an aromatic ring is 1. The number of aromatic nitrogens is 1. The number of hydrogen-bond acceptors (Lipinski definition) is 3. The molecule has 20 heavy (non-hydrogen) atoms. The lowest BCUT2D eigenvalue weighted by atomic mass is 10.1. The third-order valence-electron chi connectivity index (χ3n) is 3.50. The van der Waals surface area contributed by atoms with Crippen LogP contribution < -0.4 is 23.0 Å². The molecule has 104 valence electrons. The zero-order valence-corrected chi connectivity index (χ0v) is 12.6. The van der Waals surface area contributed by atoms with Gasteiger partial charge in [-0.2, -0.15) is 0 Å². The van der Waals surface area contributed by atoms with Crippen molar-refractivity contribution in [1.29, 1.82) is 0 Å². The topological polar surface area (TPSA) is 42.2 Å². The van der Waals surface area contributed by atoms with E-state index in [1.165, 1.54) is 0 Å². The van der Waals surface area contributed by atoms with E-state index in [4.69, 9.17) is 10.7 Å². The maximum Gasteiger partial charge on any atom is 0.0730 e. The number of nitrogens with zero attached hydrogens (tertiary/aromatic N) is 2. The van der Waals surface area contributed by atoms with E-state index in [1.807, 2.05) is 27.1 Å². The number of pyridine rings is 1. The fourth-order valence-corrected chi connectivity index (χ4v) is 2.27. The molecule has 0 amide bonds. The van der Waals surface area contributed by atoms with Crippen molar-refractivity contribution in [2.75, 3.05) is 24.7 Å². The van der Waals surface area contributed by atoms with Gasteiger partial charge in [-0.15, -0.1) is 0 Å². The van der Waals surface area contributed by atoms with Crippen LogP contribution >= 0.6 is 0 Å². The molecule has 0 fully saturated rings. The number of rotatable bonds is 1. The Morgan fingerprint density at radius 1 is 0.950 bits per heavy atom. The summed E-state index contributed by atoms with van der Waals surface area (Å²) in [5, 5.41) is 2.29. The minimum atomic E-state index is 0. The van der Waals surface area contributed by atoms with Crippen LogP contribution in [-0.4, -0.2) is 19.1 Å². The van der Waals surface area contributed by atoms with Crippen LogP contribution in [0.4, 0.5) is 11.4 Å². The monoisotopic (exact) mass is 286 g/mol. The minimum Gasteiger partial charge on any atom is -1.00 e. The first-order valence-corrected chi connectivity index (χ1v) is 6.32. The Bertz CT molecular complexity index is 781. The van der Waals surface area contributed by atoms with E-state index in [0.29, 0.717) is 0 Å². The largest absolute Gasteiger partial charge is 1.00 e. The number of hydrogen-bond donors (Lipinski definition) is 1. The van der Waals surface area contributed by atoms with Gasteiger partial charge in [-0.1, -0.05) is 6.07 Å². The maximum atomic E-state index is 5.96. The SMILES string of the molecule is Cc1cc2cc3ccc(N(C)C)cc3nc2cc1N.[Cl-]. The summed E-state index contributed by atoms with van der Waals surface area (Å²) in [6.45, 7) is 2.02. The molecule has 2 aromatic carbocycles. The fraction of sp³-hybridized carbons (Fsp3) is 0.188. The van der Waals surface area contributed by atoms with Gasteiger partial charge in [0.25, 0.3) is 0 Å². The van der Waals surface area contributed by atoms with Gasteiger partial charge >= 0.3 is 0 Å². The maximum absolute atomic E-state index is 5.96. The van der Waals surface area contributed by atoms with Gasteiger partial charge in [-0.25, -0.2) is 4.98 Å². The summed E-state index contributed by atoms with van der Waals surface area (Å²) in [4.78, 5) is 6.79. The lowest BCUT2D eigenvalue weighted by molar-refractivity contribution is -0.00000397. The second kappa shape index (κ2) is 5.17. The minimum absolute atomic E-state index is 0. The molecule has 0 aliphatic rings. The molecule has 0 aliphatic carbocycles. The number of fused-ring (bicyclic) bond motifs is 2. The highest BCUT2D eigenvalue weighted by Gasteiger charge is 2.04. The van der Waals surface area contributed by atoms with E-state index in [2.05, 4.69) is 35.2 Å². The van der Waals surface area contributed by atoms with Crippen LogP contribution in [0.5, 0.6) is 0 Å². The first-order chi connectivity index (χ1) is 9.04. The fourth-order valence-electron chi connectivity index (χ4n) is 2.27. The molecule has 0 spiro atoms. The Kier molecular flexibility index (Phi) is 3.73. The van der Waals surface area contributed by atoms with Gasteiger partial charge in [0.15, 0.2) is 0 Å². The summed E-state index contributed by atoms with van der Waals surface area (Å²) in [7, 11) is 4.06. The molecule has 3 rings (SSSR count). The van der Waals surface area contributed by atoms with Crippen LogP contribution in [-0.2, 0) is 0 Å². The Balaban J connectivity index is 0.00000147. The molecular formula is C16H17ClN3-. The standard InChI is InChI=1S/C16H17N3.ClH/c1-10-6-12-7-11-4-5-13(19(2)3)8-15(11)18-16(12)9-14(10)17;/h4-9H,17H2,1-3H3;1H/p-1. The lowest BCUT2D eigenvalue weighted by Crippen LogP contribution is -3.00. The second-order valence-electron chi connectivity index (χ2n) is 5.16. The summed E-state index contributed by atoms with van der Waals surface area (Å²) in [5.41, 5.74) is 11.0. The van der Waals surface area contributed by atoms with Gasteiger partial charge < -0.3 is 23.0 Å². The average Bonchev–Trinajstić information content (AvgIpc) is 2.37. The molecule has 0 radical (unpaired) electrons. The molecule has 1 aromatic heterocycles. The van der Waals surface area contributed by atoms with Crippen molar-refractivity contribution in [1.82, 2.24) is 4.98 Å². The summed E-state index contributed by atoms with van der Waals surface area (Å²) in [6, 6.07) is 12.5. The van der Waals surface area contributed by atoms with Crippen LogP contribution in [0.25, 0.3) is 21.8 Å². The van der Waals surface area contributed by atoms with Gasteiger partial charge in [0.1, 0.15) is 0 Å². The van der Waals surface area contributed by atoms with Crippen LogP contribution in [0.15, 0.2) is 36.4 Å². The number of benzene rings is 2. The molecule has 4 heteroatoms. The number of anilines is 2. The highest BCUT2D eigenvalue weighted by Crippen LogP contribution is 2.26. The molecule has 0 aliphatic heterocycles. The van der Waals surface area contributed by atoms with Gasteiger partial charge in [0.05, 0.1) is 11.0 Å². The third-order valence-corrected chi connectivity index (χ3v) is 3.50. The molecule has 2 N–H and O–H groups in total. The molecule has 0 atom stereocenters. The van der Waals surface area contributed by atoms with Gasteiger partial charge in [0, 0.05) is 36.2 Å². The summed E-state index contributed by atoms with van der Waals surface area (Å²) < 4.78 is 0. The predicted octanol–water partition coefficient (Wildman–Crippen LogP) is 0.349. The molecule has 0 unspecified atom stereocenters. The van der Waals surface area contributed by atoms with Crippen LogP contribution in [0.1, 0.15) is 5.56 Å². The van der Waals surface area contributed by atoms with Gasteiger partial charge in [0.2, 0.25) is 0 Å². The molecule has 0 saturated carbocycles. The quantitative estimate of drug-likeness (QED) is 0.518. The summed E-state index contributed by atoms with van der Waals surface area (Å²) in [5.74, 6) is 0. The predicted molar refractivity (Wildman–Crippen MR) is 82.7 cm³/mol. The van der Waals surface area contributed by atoms with Crippen molar-refractivity contribution in [3.05, 3.63) is 42.0 Å². The van der Waals surface area contributed by atoms with E-state index in [-0.39, 0.29) is 12.4 Å². The van der Waals surface area contributed by atoms with Crippen molar-refractivity contribution < 1.29 is 12.4 Å². The Morgan fingerprint density at radius 3 is 2.35 bits per heavy atom. The van der Waals surface area contributed by atoms with E-state index < -0.39 is 0 Å². The van der Waals surface area contributed by atoms with E-state index >= 15 is 0 Å². The van der Waals surface area contributed by atoms with Crippen molar-refractivity contribution in [2.45, 2.75) is 6.92 Å². The number of halogens is 1. The van der Waals surface area contributed by atoms with Crippen LogP contribution in [0, 0.1) is 6.92 Å². The third kappa shape index (κ3) is 2.37. The first kappa shape index (κ1) is 14.4. The molecule has 0 bridgehead atoms. The molecular weight excluding hydrogens is 270 g/mol. The molecule has 1 heterocycles. The summed E-state index contributed by atoms with van der Waals surface area (Å²) in [6.07, 6.45) is 0. The van der Waals surface area contributed by atoms with Gasteiger partial charge in [-0.05, 0) is 42.8 Å². The Morgan fingerprint density at radius 2 is 1.65 bits per heavy atom. The molecule has 0 saturated heterocycles. The van der Waals surface area contributed by atoms with Crippen molar-refractivity contribution in [3.8, 4) is 0 Å². The second-order valence-corrected chi connectivity index (χ2v) is 5.16. The van der Waals surface area contributed by atoms with Crippen LogP contribution in [0.3, 0.4) is 0 Å². The van der Waals surface area contributed by atoms with E-state index in [1.54, 1.807) is 0 Å². The van der Waals surface area contributed by atoms with Crippen molar-refractivity contribution in [2.24, 2.45) is 0 Å².